The number of carboxylic acids is 2. The van der Waals surface area contributed by atoms with Gasteiger partial charge in [0.05, 0.1) is 17.7 Å². The molecule has 2 aliphatic rings. The molecule has 37 heavy (non-hydrogen) atoms. The molecule has 196 valence electrons. The van der Waals surface area contributed by atoms with Gasteiger partial charge < -0.3 is 15.5 Å². The molecule has 0 radical (unpaired) electrons. The highest BCUT2D eigenvalue weighted by molar-refractivity contribution is 7.20. The van der Waals surface area contributed by atoms with Gasteiger partial charge in [-0.3, -0.25) is 24.2 Å². The van der Waals surface area contributed by atoms with Crippen LogP contribution in [0.2, 0.25) is 0 Å². The van der Waals surface area contributed by atoms with Crippen molar-refractivity contribution < 1.29 is 24.6 Å². The Bertz CT molecular complexity index is 1170. The average molecular weight is 524 g/mol. The molecule has 2 fully saturated rings. The van der Waals surface area contributed by atoms with Crippen LogP contribution in [-0.4, -0.2) is 76.1 Å². The second-order valence-corrected chi connectivity index (χ2v) is 10.6. The Labute approximate surface area is 220 Å². The summed E-state index contributed by atoms with van der Waals surface area (Å²) in [6.45, 7) is 5.23. The second-order valence-electron chi connectivity index (χ2n) is 9.50. The number of hydrogen-bond donors (Lipinski definition) is 3. The van der Waals surface area contributed by atoms with Crippen LogP contribution in [-0.2, 0) is 16.1 Å². The molecular weight excluding hydrogens is 490 g/mol. The van der Waals surface area contributed by atoms with Gasteiger partial charge in [0.1, 0.15) is 0 Å². The van der Waals surface area contributed by atoms with Crippen LogP contribution in [0.1, 0.15) is 40.9 Å². The van der Waals surface area contributed by atoms with Gasteiger partial charge in [-0.1, -0.05) is 48.5 Å². The lowest BCUT2D eigenvalue weighted by Gasteiger charge is -2.34. The summed E-state index contributed by atoms with van der Waals surface area (Å²) in [5.74, 6) is -2.09. The molecule has 0 saturated carbocycles. The van der Waals surface area contributed by atoms with Crippen LogP contribution >= 0.6 is 11.3 Å². The number of carboxylic acid groups (broad SMARTS) is 2. The SMILES string of the molecule is O=C(NCCCN1CC2CC1CN2Cc1ccccc1)c1cc2ccccc2s1.O=C(O)CCC(=O)O. The molecule has 0 aliphatic carbocycles. The lowest BCUT2D eigenvalue weighted by molar-refractivity contribution is -0.143. The van der Waals surface area contributed by atoms with E-state index < -0.39 is 11.9 Å². The van der Waals surface area contributed by atoms with Crippen molar-refractivity contribution in [3.8, 4) is 0 Å². The van der Waals surface area contributed by atoms with E-state index >= 15 is 0 Å². The number of fused-ring (bicyclic) bond motifs is 3. The van der Waals surface area contributed by atoms with Gasteiger partial charge in [-0.15, -0.1) is 11.3 Å². The van der Waals surface area contributed by atoms with Crippen LogP contribution in [0.3, 0.4) is 0 Å². The van der Waals surface area contributed by atoms with Crippen molar-refractivity contribution >= 4 is 39.3 Å². The first kappa shape index (κ1) is 26.8. The van der Waals surface area contributed by atoms with Gasteiger partial charge in [0.25, 0.3) is 5.91 Å². The molecule has 2 aromatic carbocycles. The first-order chi connectivity index (χ1) is 17.9. The molecule has 9 heteroatoms. The number of likely N-dealkylation sites (tertiary alicyclic amines) is 2. The number of hydrogen-bond acceptors (Lipinski definition) is 6. The summed E-state index contributed by atoms with van der Waals surface area (Å²) in [6.07, 6.45) is 1.71. The predicted octanol–water partition coefficient (Wildman–Crippen LogP) is 3.92. The van der Waals surface area contributed by atoms with Gasteiger partial charge in [0.2, 0.25) is 0 Å². The molecule has 3 aromatic rings. The molecule has 0 spiro atoms. The van der Waals surface area contributed by atoms with E-state index in [1.165, 1.54) is 29.8 Å². The van der Waals surface area contributed by atoms with Crippen molar-refractivity contribution in [2.75, 3.05) is 26.2 Å². The third kappa shape index (κ3) is 7.61. The molecule has 8 nitrogen and oxygen atoms in total. The summed E-state index contributed by atoms with van der Waals surface area (Å²) < 4.78 is 1.17. The maximum atomic E-state index is 12.4. The number of rotatable bonds is 10. The summed E-state index contributed by atoms with van der Waals surface area (Å²) in [6, 6.07) is 22.3. The van der Waals surface area contributed by atoms with Crippen LogP contribution in [0, 0.1) is 0 Å². The Morgan fingerprint density at radius 3 is 2.19 bits per heavy atom. The number of nitrogens with zero attached hydrogens (tertiary/aromatic N) is 2. The largest absolute Gasteiger partial charge is 0.481 e. The van der Waals surface area contributed by atoms with Gasteiger partial charge in [-0.25, -0.2) is 0 Å². The third-order valence-electron chi connectivity index (χ3n) is 6.81. The highest BCUT2D eigenvalue weighted by Gasteiger charge is 2.42. The molecule has 2 atom stereocenters. The minimum absolute atomic E-state index is 0.0585. The van der Waals surface area contributed by atoms with E-state index in [-0.39, 0.29) is 18.7 Å². The number of piperazine rings is 1. The highest BCUT2D eigenvalue weighted by atomic mass is 32.1. The summed E-state index contributed by atoms with van der Waals surface area (Å²) in [5, 5.41) is 20.1. The lowest BCUT2D eigenvalue weighted by atomic mass is 10.2. The van der Waals surface area contributed by atoms with Crippen LogP contribution in [0.25, 0.3) is 10.1 Å². The van der Waals surface area contributed by atoms with E-state index in [1.807, 2.05) is 18.2 Å². The number of amides is 1. The van der Waals surface area contributed by atoms with Crippen molar-refractivity contribution in [2.24, 2.45) is 0 Å². The van der Waals surface area contributed by atoms with E-state index in [9.17, 15) is 14.4 Å². The highest BCUT2D eigenvalue weighted by Crippen LogP contribution is 2.31. The van der Waals surface area contributed by atoms with Crippen LogP contribution in [0.4, 0.5) is 0 Å². The predicted molar refractivity (Wildman–Crippen MR) is 144 cm³/mol. The van der Waals surface area contributed by atoms with Crippen LogP contribution < -0.4 is 5.32 Å². The van der Waals surface area contributed by atoms with Gasteiger partial charge in [-0.2, -0.15) is 0 Å². The zero-order valence-corrected chi connectivity index (χ0v) is 21.5. The summed E-state index contributed by atoms with van der Waals surface area (Å²) in [4.78, 5) is 37.8. The average Bonchev–Trinajstić information content (AvgIpc) is 3.60. The van der Waals surface area contributed by atoms with Gasteiger partial charge in [0, 0.05) is 49.5 Å². The second kappa shape index (κ2) is 12.8. The quantitative estimate of drug-likeness (QED) is 0.346. The maximum Gasteiger partial charge on any atom is 0.303 e. The Hall–Kier alpha value is -3.27. The maximum absolute atomic E-state index is 12.4. The fraction of sp³-hybridized carbons (Fsp3) is 0.393. The molecule has 2 saturated heterocycles. The van der Waals surface area contributed by atoms with Gasteiger partial charge >= 0.3 is 11.9 Å². The molecule has 2 bridgehead atoms. The first-order valence-corrected chi connectivity index (χ1v) is 13.4. The number of benzene rings is 2. The van der Waals surface area contributed by atoms with Crippen molar-refractivity contribution in [2.45, 2.75) is 44.3 Å². The van der Waals surface area contributed by atoms with Crippen LogP contribution in [0.5, 0.6) is 0 Å². The Morgan fingerprint density at radius 1 is 0.892 bits per heavy atom. The number of carbonyl (C=O) groups is 3. The Morgan fingerprint density at radius 2 is 1.54 bits per heavy atom. The Kier molecular flexibility index (Phi) is 9.27. The number of nitrogens with one attached hydrogen (secondary N) is 1. The Balaban J connectivity index is 0.000000349. The summed E-state index contributed by atoms with van der Waals surface area (Å²) in [7, 11) is 0. The monoisotopic (exact) mass is 523 g/mol. The normalized spacial score (nSPS) is 18.9. The smallest absolute Gasteiger partial charge is 0.303 e. The zero-order valence-electron chi connectivity index (χ0n) is 20.7. The van der Waals surface area contributed by atoms with Crippen LogP contribution in [0.15, 0.2) is 60.7 Å². The summed E-state index contributed by atoms with van der Waals surface area (Å²) >= 11 is 1.57. The number of aliphatic carboxylic acids is 2. The molecular formula is C28H33N3O5S. The molecule has 3 N–H and O–H groups in total. The molecule has 1 amide bonds. The number of carbonyl (C=O) groups excluding carboxylic acids is 1. The topological polar surface area (TPSA) is 110 Å². The number of thiophene rings is 1. The van der Waals surface area contributed by atoms with E-state index in [2.05, 4.69) is 57.6 Å². The zero-order chi connectivity index (χ0) is 26.2. The minimum Gasteiger partial charge on any atom is -0.481 e. The van der Waals surface area contributed by atoms with Gasteiger partial charge in [-0.05, 0) is 35.9 Å². The van der Waals surface area contributed by atoms with Crippen molar-refractivity contribution in [1.29, 1.82) is 0 Å². The first-order valence-electron chi connectivity index (χ1n) is 12.6. The van der Waals surface area contributed by atoms with Gasteiger partial charge in [0.15, 0.2) is 0 Å². The molecule has 5 rings (SSSR count). The minimum atomic E-state index is -1.08. The van der Waals surface area contributed by atoms with E-state index in [1.54, 1.807) is 11.3 Å². The molecule has 2 aliphatic heterocycles. The van der Waals surface area contributed by atoms with Crippen molar-refractivity contribution in [1.82, 2.24) is 15.1 Å². The van der Waals surface area contributed by atoms with E-state index in [4.69, 9.17) is 10.2 Å². The third-order valence-corrected chi connectivity index (χ3v) is 7.92. The van der Waals surface area contributed by atoms with E-state index in [0.717, 1.165) is 36.3 Å². The molecule has 1 aromatic heterocycles. The van der Waals surface area contributed by atoms with Crippen molar-refractivity contribution in [3.05, 3.63) is 71.1 Å². The lowest BCUT2D eigenvalue weighted by Crippen LogP contribution is -2.46. The summed E-state index contributed by atoms with van der Waals surface area (Å²) in [5.41, 5.74) is 1.41. The molecule has 3 heterocycles. The van der Waals surface area contributed by atoms with Crippen molar-refractivity contribution in [3.63, 3.8) is 0 Å². The standard InChI is InChI=1S/C24H27N3OS.C4H6O4/c28-24(23-13-19-9-4-5-10-22(19)29-23)25-11-6-12-26-16-21-14-20(26)17-27(21)15-18-7-2-1-3-8-18;5-3(6)1-2-4(7)8/h1-5,7-10,13,20-21H,6,11-12,14-17H2,(H,25,28);1-2H2,(H,5,6)(H,7,8). The fourth-order valence-corrected chi connectivity index (χ4v) is 5.98. The molecule has 2 unspecified atom stereocenters. The van der Waals surface area contributed by atoms with E-state index in [0.29, 0.717) is 12.1 Å². The fourth-order valence-electron chi connectivity index (χ4n) is 5.00.